The minimum atomic E-state index is -3.02. The molecule has 1 aliphatic rings. The predicted molar refractivity (Wildman–Crippen MR) is 68.5 cm³/mol. The molecular formula is C14H17F2NO3. The largest absolute Gasteiger partial charge is 0.468 e. The molecule has 20 heavy (non-hydrogen) atoms. The van der Waals surface area contributed by atoms with Gasteiger partial charge >= 0.3 is 5.97 Å². The van der Waals surface area contributed by atoms with Crippen molar-refractivity contribution in [3.05, 3.63) is 35.9 Å². The van der Waals surface area contributed by atoms with Gasteiger partial charge in [-0.2, -0.15) is 8.78 Å². The molecular weight excluding hydrogens is 268 g/mol. The SMILES string of the molecule is COC(=O)C1COCCN1CC(F)(F)c1ccccc1. The zero-order valence-corrected chi connectivity index (χ0v) is 11.2. The van der Waals surface area contributed by atoms with Gasteiger partial charge in [-0.05, 0) is 0 Å². The number of esters is 1. The number of carbonyl (C=O) groups is 1. The van der Waals surface area contributed by atoms with Crippen molar-refractivity contribution in [2.75, 3.05) is 33.4 Å². The number of nitrogens with zero attached hydrogens (tertiary/aromatic N) is 1. The molecule has 1 aromatic rings. The lowest BCUT2D eigenvalue weighted by atomic mass is 10.1. The van der Waals surface area contributed by atoms with Gasteiger partial charge in [-0.3, -0.25) is 9.69 Å². The fourth-order valence-electron chi connectivity index (χ4n) is 2.21. The number of hydrogen-bond acceptors (Lipinski definition) is 4. The van der Waals surface area contributed by atoms with Gasteiger partial charge in [0.1, 0.15) is 6.04 Å². The van der Waals surface area contributed by atoms with E-state index < -0.39 is 24.5 Å². The molecule has 1 aliphatic heterocycles. The topological polar surface area (TPSA) is 38.8 Å². The number of benzene rings is 1. The van der Waals surface area contributed by atoms with Crippen molar-refractivity contribution in [3.8, 4) is 0 Å². The van der Waals surface area contributed by atoms with E-state index in [0.717, 1.165) is 0 Å². The second-order valence-electron chi connectivity index (χ2n) is 4.65. The molecule has 0 radical (unpaired) electrons. The number of morpholine rings is 1. The maximum Gasteiger partial charge on any atom is 0.325 e. The number of hydrogen-bond donors (Lipinski definition) is 0. The smallest absolute Gasteiger partial charge is 0.325 e. The van der Waals surface area contributed by atoms with E-state index in [4.69, 9.17) is 4.74 Å². The normalized spacial score (nSPS) is 20.6. The van der Waals surface area contributed by atoms with Crippen molar-refractivity contribution in [1.82, 2.24) is 4.90 Å². The van der Waals surface area contributed by atoms with E-state index in [9.17, 15) is 13.6 Å². The van der Waals surface area contributed by atoms with Gasteiger partial charge in [0, 0.05) is 12.1 Å². The van der Waals surface area contributed by atoms with E-state index in [1.807, 2.05) is 0 Å². The maximum atomic E-state index is 14.2. The number of methoxy groups -OCH3 is 1. The molecule has 1 heterocycles. The molecule has 0 aliphatic carbocycles. The van der Waals surface area contributed by atoms with E-state index in [0.29, 0.717) is 6.61 Å². The molecule has 1 saturated heterocycles. The van der Waals surface area contributed by atoms with Crippen LogP contribution in [0.15, 0.2) is 30.3 Å². The maximum absolute atomic E-state index is 14.2. The molecule has 0 N–H and O–H groups in total. The second kappa shape index (κ2) is 6.28. The van der Waals surface area contributed by atoms with Crippen molar-refractivity contribution < 1.29 is 23.0 Å². The Bertz CT molecular complexity index is 453. The summed E-state index contributed by atoms with van der Waals surface area (Å²) in [4.78, 5) is 13.0. The molecule has 1 fully saturated rings. The van der Waals surface area contributed by atoms with Crippen LogP contribution in [0.2, 0.25) is 0 Å². The Morgan fingerprint density at radius 1 is 1.45 bits per heavy atom. The van der Waals surface area contributed by atoms with E-state index in [1.54, 1.807) is 18.2 Å². The van der Waals surface area contributed by atoms with Gasteiger partial charge in [-0.1, -0.05) is 30.3 Å². The minimum Gasteiger partial charge on any atom is -0.468 e. The van der Waals surface area contributed by atoms with Gasteiger partial charge in [-0.25, -0.2) is 0 Å². The summed E-state index contributed by atoms with van der Waals surface area (Å²) < 4.78 is 38.3. The van der Waals surface area contributed by atoms with Crippen LogP contribution in [0.3, 0.4) is 0 Å². The van der Waals surface area contributed by atoms with Crippen LogP contribution in [-0.2, 0) is 20.2 Å². The lowest BCUT2D eigenvalue weighted by Crippen LogP contribution is -2.53. The summed E-state index contributed by atoms with van der Waals surface area (Å²) in [7, 11) is 1.24. The van der Waals surface area contributed by atoms with E-state index in [2.05, 4.69) is 4.74 Å². The predicted octanol–water partition coefficient (Wildman–Crippen LogP) is 1.65. The first-order chi connectivity index (χ1) is 9.54. The molecule has 1 unspecified atom stereocenters. The Kier molecular flexibility index (Phi) is 4.67. The highest BCUT2D eigenvalue weighted by Crippen LogP contribution is 2.30. The Morgan fingerprint density at radius 2 is 2.15 bits per heavy atom. The van der Waals surface area contributed by atoms with Crippen LogP contribution in [0, 0.1) is 0 Å². The minimum absolute atomic E-state index is 0.0601. The third-order valence-corrected chi connectivity index (χ3v) is 3.31. The molecule has 2 rings (SSSR count). The van der Waals surface area contributed by atoms with Gasteiger partial charge < -0.3 is 9.47 Å². The Labute approximate surface area is 116 Å². The highest BCUT2D eigenvalue weighted by Gasteiger charge is 2.39. The molecule has 0 aromatic heterocycles. The van der Waals surface area contributed by atoms with E-state index in [1.165, 1.54) is 24.1 Å². The molecule has 6 heteroatoms. The quantitative estimate of drug-likeness (QED) is 0.789. The summed E-state index contributed by atoms with van der Waals surface area (Å²) in [6.07, 6.45) is 0. The van der Waals surface area contributed by atoms with Crippen molar-refractivity contribution >= 4 is 5.97 Å². The summed E-state index contributed by atoms with van der Waals surface area (Å²) in [5.41, 5.74) is -0.0601. The van der Waals surface area contributed by atoms with Crippen LogP contribution < -0.4 is 0 Å². The summed E-state index contributed by atoms with van der Waals surface area (Å²) in [6, 6.07) is 6.82. The first kappa shape index (κ1) is 14.9. The molecule has 1 aromatic carbocycles. The number of carbonyl (C=O) groups excluding carboxylic acids is 1. The summed E-state index contributed by atoms with van der Waals surface area (Å²) >= 11 is 0. The van der Waals surface area contributed by atoms with Crippen LogP contribution in [0.4, 0.5) is 8.78 Å². The average Bonchev–Trinajstić information content (AvgIpc) is 2.47. The lowest BCUT2D eigenvalue weighted by Gasteiger charge is -2.35. The zero-order chi connectivity index (χ0) is 14.6. The number of alkyl halides is 2. The lowest BCUT2D eigenvalue weighted by molar-refractivity contribution is -0.157. The standard InChI is InChI=1S/C14H17F2NO3/c1-19-13(18)12-9-20-8-7-17(12)10-14(15,16)11-5-3-2-4-6-11/h2-6,12H,7-10H2,1H3. The summed E-state index contributed by atoms with van der Waals surface area (Å²) in [6.45, 7) is 0.165. The fraction of sp³-hybridized carbons (Fsp3) is 0.500. The van der Waals surface area contributed by atoms with Crippen LogP contribution >= 0.6 is 0 Å². The second-order valence-corrected chi connectivity index (χ2v) is 4.65. The van der Waals surface area contributed by atoms with Crippen molar-refractivity contribution in [2.45, 2.75) is 12.0 Å². The van der Waals surface area contributed by atoms with E-state index in [-0.39, 0.29) is 18.7 Å². The Morgan fingerprint density at radius 3 is 2.80 bits per heavy atom. The van der Waals surface area contributed by atoms with Gasteiger partial charge in [0.05, 0.1) is 26.9 Å². The molecule has 110 valence electrons. The molecule has 0 saturated carbocycles. The first-order valence-electron chi connectivity index (χ1n) is 6.37. The van der Waals surface area contributed by atoms with Gasteiger partial charge in [-0.15, -0.1) is 0 Å². The fourth-order valence-corrected chi connectivity index (χ4v) is 2.21. The highest BCUT2D eigenvalue weighted by atomic mass is 19.3. The number of ether oxygens (including phenoxy) is 2. The van der Waals surface area contributed by atoms with Gasteiger partial charge in [0.15, 0.2) is 0 Å². The van der Waals surface area contributed by atoms with Crippen LogP contribution in [0.5, 0.6) is 0 Å². The highest BCUT2D eigenvalue weighted by molar-refractivity contribution is 5.75. The molecule has 0 spiro atoms. The van der Waals surface area contributed by atoms with Gasteiger partial charge in [0.2, 0.25) is 0 Å². The molecule has 0 amide bonds. The van der Waals surface area contributed by atoms with Crippen LogP contribution in [-0.4, -0.2) is 50.3 Å². The Balaban J connectivity index is 2.12. The molecule has 0 bridgehead atoms. The third kappa shape index (κ3) is 3.32. The molecule has 1 atom stereocenters. The number of halogens is 2. The average molecular weight is 285 g/mol. The first-order valence-corrected chi connectivity index (χ1v) is 6.37. The number of rotatable bonds is 4. The third-order valence-electron chi connectivity index (χ3n) is 3.31. The molecule has 4 nitrogen and oxygen atoms in total. The monoisotopic (exact) mass is 285 g/mol. The van der Waals surface area contributed by atoms with Crippen molar-refractivity contribution in [2.24, 2.45) is 0 Å². The van der Waals surface area contributed by atoms with Crippen LogP contribution in [0.25, 0.3) is 0 Å². The van der Waals surface area contributed by atoms with E-state index >= 15 is 0 Å². The Hall–Kier alpha value is -1.53. The van der Waals surface area contributed by atoms with Crippen molar-refractivity contribution in [1.29, 1.82) is 0 Å². The summed E-state index contributed by atoms with van der Waals surface area (Å²) in [5, 5.41) is 0. The summed E-state index contributed by atoms with van der Waals surface area (Å²) in [5.74, 6) is -3.57. The zero-order valence-electron chi connectivity index (χ0n) is 11.2. The van der Waals surface area contributed by atoms with Gasteiger partial charge in [0.25, 0.3) is 5.92 Å². The van der Waals surface area contributed by atoms with Crippen LogP contribution in [0.1, 0.15) is 5.56 Å². The van der Waals surface area contributed by atoms with Crippen molar-refractivity contribution in [3.63, 3.8) is 0 Å².